The topological polar surface area (TPSA) is 66.9 Å². The molecular formula is C20H24N4OS. The number of hydrogen-bond acceptors (Lipinski definition) is 5. The number of amides is 1. The maximum Gasteiger partial charge on any atom is 0.220 e. The first-order valence-electron chi connectivity index (χ1n) is 9.00. The van der Waals surface area contributed by atoms with Gasteiger partial charge in [0, 0.05) is 30.0 Å². The Balaban J connectivity index is 1.76. The number of nitrogens with zero attached hydrogens (tertiary/aromatic N) is 2. The molecule has 0 bridgehead atoms. The van der Waals surface area contributed by atoms with E-state index in [9.17, 15) is 4.79 Å². The largest absolute Gasteiger partial charge is 0.369 e. The number of rotatable bonds is 8. The summed E-state index contributed by atoms with van der Waals surface area (Å²) >= 11 is 1.69. The predicted octanol–water partition coefficient (Wildman–Crippen LogP) is 4.39. The van der Waals surface area contributed by atoms with Crippen molar-refractivity contribution >= 4 is 33.3 Å². The molecule has 3 rings (SSSR count). The van der Waals surface area contributed by atoms with Crippen molar-refractivity contribution in [3.05, 3.63) is 41.5 Å². The summed E-state index contributed by atoms with van der Waals surface area (Å²) in [6.45, 7) is 5.62. The van der Waals surface area contributed by atoms with Gasteiger partial charge in [-0.2, -0.15) is 0 Å². The smallest absolute Gasteiger partial charge is 0.220 e. The maximum atomic E-state index is 11.7. The molecule has 0 aliphatic rings. The van der Waals surface area contributed by atoms with Crippen LogP contribution in [-0.2, 0) is 4.79 Å². The second kappa shape index (κ2) is 8.76. The van der Waals surface area contributed by atoms with E-state index >= 15 is 0 Å². The van der Waals surface area contributed by atoms with Crippen molar-refractivity contribution in [3.8, 4) is 11.1 Å². The van der Waals surface area contributed by atoms with Crippen molar-refractivity contribution in [1.29, 1.82) is 0 Å². The van der Waals surface area contributed by atoms with Gasteiger partial charge >= 0.3 is 0 Å². The highest BCUT2D eigenvalue weighted by Crippen LogP contribution is 2.40. The van der Waals surface area contributed by atoms with Crippen molar-refractivity contribution in [1.82, 2.24) is 15.3 Å². The summed E-state index contributed by atoms with van der Waals surface area (Å²) in [5.74, 6) is 0.949. The molecule has 26 heavy (non-hydrogen) atoms. The summed E-state index contributed by atoms with van der Waals surface area (Å²) in [6.07, 6.45) is 3.85. The van der Waals surface area contributed by atoms with Gasteiger partial charge in [-0.3, -0.25) is 4.79 Å². The summed E-state index contributed by atoms with van der Waals surface area (Å²) in [6, 6.07) is 10.3. The van der Waals surface area contributed by atoms with E-state index in [0.717, 1.165) is 35.4 Å². The normalized spacial score (nSPS) is 10.8. The van der Waals surface area contributed by atoms with Crippen LogP contribution >= 0.6 is 11.3 Å². The highest BCUT2D eigenvalue weighted by Gasteiger charge is 2.16. The Morgan fingerprint density at radius 3 is 2.73 bits per heavy atom. The minimum Gasteiger partial charge on any atom is -0.369 e. The lowest BCUT2D eigenvalue weighted by atomic mass is 10.0. The zero-order chi connectivity index (χ0) is 18.4. The molecule has 0 saturated heterocycles. The highest BCUT2D eigenvalue weighted by molar-refractivity contribution is 7.19. The van der Waals surface area contributed by atoms with Gasteiger partial charge < -0.3 is 10.6 Å². The van der Waals surface area contributed by atoms with E-state index in [1.165, 1.54) is 16.0 Å². The van der Waals surface area contributed by atoms with Crippen molar-refractivity contribution in [2.24, 2.45) is 0 Å². The first-order chi connectivity index (χ1) is 12.7. The van der Waals surface area contributed by atoms with Crippen LogP contribution in [0.15, 0.2) is 36.7 Å². The number of carbonyl (C=O) groups is 1. The molecule has 2 heterocycles. The number of nitrogens with one attached hydrogen (secondary N) is 2. The molecule has 6 heteroatoms. The van der Waals surface area contributed by atoms with Crippen LogP contribution in [0.1, 0.15) is 31.1 Å². The Labute approximate surface area is 157 Å². The molecular weight excluding hydrogens is 344 g/mol. The Kier molecular flexibility index (Phi) is 6.17. The molecule has 0 fully saturated rings. The fraction of sp³-hybridized carbons (Fsp3) is 0.350. The lowest BCUT2D eigenvalue weighted by Gasteiger charge is -2.09. The number of benzene rings is 1. The van der Waals surface area contributed by atoms with Gasteiger partial charge in [-0.1, -0.05) is 37.3 Å². The first-order valence-corrected chi connectivity index (χ1v) is 9.82. The highest BCUT2D eigenvalue weighted by atomic mass is 32.1. The molecule has 0 aliphatic carbocycles. The molecule has 1 amide bonds. The number of carbonyl (C=O) groups excluding carboxylic acids is 1. The van der Waals surface area contributed by atoms with Crippen molar-refractivity contribution in [3.63, 3.8) is 0 Å². The van der Waals surface area contributed by atoms with E-state index in [2.05, 4.69) is 46.6 Å². The second-order valence-corrected chi connectivity index (χ2v) is 7.39. The monoisotopic (exact) mass is 368 g/mol. The zero-order valence-electron chi connectivity index (χ0n) is 15.2. The summed E-state index contributed by atoms with van der Waals surface area (Å²) in [7, 11) is 0. The van der Waals surface area contributed by atoms with Crippen LogP contribution in [-0.4, -0.2) is 29.0 Å². The van der Waals surface area contributed by atoms with Crippen LogP contribution < -0.4 is 10.6 Å². The predicted molar refractivity (Wildman–Crippen MR) is 109 cm³/mol. The Bertz CT molecular complexity index is 876. The Hall–Kier alpha value is -2.47. The van der Waals surface area contributed by atoms with Crippen LogP contribution in [0.4, 0.5) is 5.82 Å². The summed E-state index contributed by atoms with van der Waals surface area (Å²) in [5.41, 5.74) is 2.36. The van der Waals surface area contributed by atoms with Crippen LogP contribution in [0, 0.1) is 6.92 Å². The van der Waals surface area contributed by atoms with Crippen molar-refractivity contribution < 1.29 is 4.79 Å². The molecule has 0 radical (unpaired) electrons. The third-order valence-corrected chi connectivity index (χ3v) is 5.19. The van der Waals surface area contributed by atoms with E-state index in [4.69, 9.17) is 0 Å². The van der Waals surface area contributed by atoms with Gasteiger partial charge in [0.25, 0.3) is 0 Å². The molecule has 0 unspecified atom stereocenters. The average molecular weight is 369 g/mol. The lowest BCUT2D eigenvalue weighted by molar-refractivity contribution is -0.121. The summed E-state index contributed by atoms with van der Waals surface area (Å²) in [5, 5.41) is 7.37. The van der Waals surface area contributed by atoms with Gasteiger partial charge in [-0.25, -0.2) is 9.97 Å². The van der Waals surface area contributed by atoms with Gasteiger partial charge in [0.1, 0.15) is 17.0 Å². The molecule has 2 aromatic heterocycles. The van der Waals surface area contributed by atoms with E-state index in [1.807, 2.05) is 18.2 Å². The van der Waals surface area contributed by atoms with Gasteiger partial charge in [-0.05, 0) is 25.3 Å². The molecule has 0 spiro atoms. The Morgan fingerprint density at radius 1 is 1.15 bits per heavy atom. The molecule has 2 N–H and O–H groups in total. The lowest BCUT2D eigenvalue weighted by Crippen LogP contribution is -2.24. The molecule has 0 aliphatic heterocycles. The quantitative estimate of drug-likeness (QED) is 0.579. The SMILES string of the molecule is CCCNC(=O)CCCNc1ncnc2sc(C)c(-c3ccccc3)c12. The fourth-order valence-electron chi connectivity index (χ4n) is 2.94. The van der Waals surface area contributed by atoms with Crippen molar-refractivity contribution in [2.45, 2.75) is 33.1 Å². The number of aromatic nitrogens is 2. The number of thiophene rings is 1. The standard InChI is InChI=1S/C20H24N4OS/c1-3-11-21-16(25)10-7-12-22-19-18-17(15-8-5-4-6-9-15)14(2)26-20(18)24-13-23-19/h4-6,8-9,13H,3,7,10-12H2,1-2H3,(H,21,25)(H,22,23,24). The molecule has 1 aromatic carbocycles. The Morgan fingerprint density at radius 2 is 1.96 bits per heavy atom. The number of aryl methyl sites for hydroxylation is 1. The van der Waals surface area contributed by atoms with Gasteiger partial charge in [0.15, 0.2) is 0 Å². The van der Waals surface area contributed by atoms with Crippen LogP contribution in [0.25, 0.3) is 21.3 Å². The zero-order valence-corrected chi connectivity index (χ0v) is 16.0. The maximum absolute atomic E-state index is 11.7. The molecule has 5 nitrogen and oxygen atoms in total. The van der Waals surface area contributed by atoms with Crippen molar-refractivity contribution in [2.75, 3.05) is 18.4 Å². The van der Waals surface area contributed by atoms with Crippen LogP contribution in [0.2, 0.25) is 0 Å². The molecule has 0 saturated carbocycles. The average Bonchev–Trinajstić information content (AvgIpc) is 3.00. The molecule has 0 atom stereocenters. The molecule has 136 valence electrons. The summed E-state index contributed by atoms with van der Waals surface area (Å²) < 4.78 is 0. The van der Waals surface area contributed by atoms with E-state index in [0.29, 0.717) is 13.0 Å². The minimum atomic E-state index is 0.109. The van der Waals surface area contributed by atoms with Gasteiger partial charge in [0.2, 0.25) is 5.91 Å². The van der Waals surface area contributed by atoms with Gasteiger partial charge in [0.05, 0.1) is 5.39 Å². The fourth-order valence-corrected chi connectivity index (χ4v) is 3.95. The van der Waals surface area contributed by atoms with Gasteiger partial charge in [-0.15, -0.1) is 11.3 Å². The van der Waals surface area contributed by atoms with E-state index < -0.39 is 0 Å². The summed E-state index contributed by atoms with van der Waals surface area (Å²) in [4.78, 5) is 22.8. The molecule has 3 aromatic rings. The second-order valence-electron chi connectivity index (χ2n) is 6.18. The minimum absolute atomic E-state index is 0.109. The van der Waals surface area contributed by atoms with E-state index in [1.54, 1.807) is 17.7 Å². The number of hydrogen-bond donors (Lipinski definition) is 2. The number of anilines is 1. The van der Waals surface area contributed by atoms with Crippen LogP contribution in [0.5, 0.6) is 0 Å². The van der Waals surface area contributed by atoms with E-state index in [-0.39, 0.29) is 5.91 Å². The third-order valence-electron chi connectivity index (χ3n) is 4.17. The first kappa shape index (κ1) is 18.3. The number of fused-ring (bicyclic) bond motifs is 1. The van der Waals surface area contributed by atoms with Crippen LogP contribution in [0.3, 0.4) is 0 Å². The third kappa shape index (κ3) is 4.19.